The lowest BCUT2D eigenvalue weighted by molar-refractivity contribution is 0.0958. The van der Waals surface area contributed by atoms with E-state index in [1.807, 2.05) is 24.3 Å². The number of hydrogen-bond donors (Lipinski definition) is 1. The van der Waals surface area contributed by atoms with Gasteiger partial charge in [0.1, 0.15) is 5.69 Å². The fraction of sp³-hybridized carbons (Fsp3) is 0.294. The van der Waals surface area contributed by atoms with Crippen molar-refractivity contribution < 1.29 is 4.79 Å². The fourth-order valence-electron chi connectivity index (χ4n) is 2.76. The second-order valence-electron chi connectivity index (χ2n) is 5.50. The van der Waals surface area contributed by atoms with E-state index in [2.05, 4.69) is 21.3 Å². The van der Waals surface area contributed by atoms with Crippen LogP contribution in [0.15, 0.2) is 36.5 Å². The van der Waals surface area contributed by atoms with E-state index in [0.717, 1.165) is 36.6 Å². The molecule has 0 aliphatic carbocycles. The Morgan fingerprint density at radius 3 is 2.91 bits per heavy atom. The zero-order valence-corrected chi connectivity index (χ0v) is 13.2. The number of carbonyl (C=O) groups is 1. The smallest absolute Gasteiger partial charge is 0.269 e. The number of nitrogens with zero attached hydrogens (tertiary/aromatic N) is 2. The predicted octanol–water partition coefficient (Wildman–Crippen LogP) is 2.65. The van der Waals surface area contributed by atoms with Gasteiger partial charge in [0.25, 0.3) is 5.91 Å². The number of nitrogens with one attached hydrogen (secondary N) is 1. The number of amides is 1. The molecule has 0 saturated carbocycles. The molecule has 1 aliphatic heterocycles. The molecule has 1 aromatic heterocycles. The first-order chi connectivity index (χ1) is 10.7. The van der Waals surface area contributed by atoms with E-state index in [1.54, 1.807) is 13.2 Å². The van der Waals surface area contributed by atoms with Crippen LogP contribution in [0.4, 0.5) is 0 Å². The molecule has 0 unspecified atom stereocenters. The van der Waals surface area contributed by atoms with Crippen molar-refractivity contribution in [2.75, 3.05) is 13.6 Å². The normalized spacial score (nSPS) is 13.9. The summed E-state index contributed by atoms with van der Waals surface area (Å²) in [5.74, 6) is -0.148. The summed E-state index contributed by atoms with van der Waals surface area (Å²) in [6.07, 6.45) is 2.59. The van der Waals surface area contributed by atoms with Crippen molar-refractivity contribution in [2.24, 2.45) is 0 Å². The van der Waals surface area contributed by atoms with Gasteiger partial charge in [0.15, 0.2) is 0 Å². The molecule has 2 aromatic rings. The van der Waals surface area contributed by atoms with Gasteiger partial charge in [-0.25, -0.2) is 0 Å². The highest BCUT2D eigenvalue weighted by Crippen LogP contribution is 2.25. The highest BCUT2D eigenvalue weighted by atomic mass is 35.5. The van der Waals surface area contributed by atoms with Crippen LogP contribution in [-0.4, -0.2) is 29.4 Å². The topological polar surface area (TPSA) is 45.2 Å². The van der Waals surface area contributed by atoms with Crippen molar-refractivity contribution in [1.82, 2.24) is 15.2 Å². The molecule has 0 saturated heterocycles. The quantitative estimate of drug-likeness (QED) is 0.943. The number of fused-ring (bicyclic) bond motifs is 1. The van der Waals surface area contributed by atoms with Crippen molar-refractivity contribution in [1.29, 1.82) is 0 Å². The van der Waals surface area contributed by atoms with E-state index in [9.17, 15) is 4.79 Å². The first kappa shape index (κ1) is 15.0. The van der Waals surface area contributed by atoms with Gasteiger partial charge < -0.3 is 5.32 Å². The summed E-state index contributed by atoms with van der Waals surface area (Å²) in [6.45, 7) is 2.84. The maximum atomic E-state index is 11.6. The minimum atomic E-state index is -0.148. The van der Waals surface area contributed by atoms with Gasteiger partial charge in [-0.05, 0) is 47.4 Å². The molecular formula is C17H18ClN3O. The van der Waals surface area contributed by atoms with E-state index in [1.165, 1.54) is 11.1 Å². The van der Waals surface area contributed by atoms with Gasteiger partial charge in [0.05, 0.1) is 0 Å². The molecule has 1 amide bonds. The average molecular weight is 316 g/mol. The van der Waals surface area contributed by atoms with E-state index in [-0.39, 0.29) is 5.91 Å². The van der Waals surface area contributed by atoms with Crippen LogP contribution in [0.25, 0.3) is 0 Å². The number of aromatic nitrogens is 1. The Hall–Kier alpha value is -1.91. The predicted molar refractivity (Wildman–Crippen MR) is 86.9 cm³/mol. The molecule has 22 heavy (non-hydrogen) atoms. The fourth-order valence-corrected chi connectivity index (χ4v) is 2.96. The Balaban J connectivity index is 1.61. The average Bonchev–Trinajstić information content (AvgIpc) is 2.94. The van der Waals surface area contributed by atoms with E-state index < -0.39 is 0 Å². The van der Waals surface area contributed by atoms with Crippen molar-refractivity contribution in [3.05, 3.63) is 63.9 Å². The molecule has 1 aliphatic rings. The zero-order valence-electron chi connectivity index (χ0n) is 12.5. The Bertz CT molecular complexity index is 702. The number of hydrogen-bond acceptors (Lipinski definition) is 3. The number of rotatable bonds is 4. The number of benzene rings is 1. The maximum absolute atomic E-state index is 11.6. The van der Waals surface area contributed by atoms with E-state index in [0.29, 0.717) is 5.69 Å². The molecule has 2 heterocycles. The van der Waals surface area contributed by atoms with E-state index >= 15 is 0 Å². The Labute approximate surface area is 135 Å². The van der Waals surface area contributed by atoms with Gasteiger partial charge in [-0.1, -0.05) is 17.7 Å². The summed E-state index contributed by atoms with van der Waals surface area (Å²) in [6, 6.07) is 9.93. The van der Waals surface area contributed by atoms with Gasteiger partial charge in [-0.2, -0.15) is 0 Å². The Kier molecular flexibility index (Phi) is 4.41. The third-order valence-electron chi connectivity index (χ3n) is 3.96. The van der Waals surface area contributed by atoms with E-state index in [4.69, 9.17) is 11.6 Å². The molecular weight excluding hydrogens is 298 g/mol. The lowest BCUT2D eigenvalue weighted by Gasteiger charge is -2.14. The van der Waals surface area contributed by atoms with Gasteiger partial charge in [-0.3, -0.25) is 14.7 Å². The summed E-state index contributed by atoms with van der Waals surface area (Å²) >= 11 is 6.04. The van der Waals surface area contributed by atoms with Crippen molar-refractivity contribution >= 4 is 17.5 Å². The second kappa shape index (κ2) is 6.46. The number of carbonyl (C=O) groups excluding carboxylic acids is 1. The highest BCUT2D eigenvalue weighted by molar-refractivity contribution is 6.30. The molecule has 1 aromatic carbocycles. The number of pyridine rings is 1. The maximum Gasteiger partial charge on any atom is 0.269 e. The van der Waals surface area contributed by atoms with Crippen LogP contribution in [0, 0.1) is 0 Å². The third kappa shape index (κ3) is 3.29. The Morgan fingerprint density at radius 2 is 2.09 bits per heavy atom. The Morgan fingerprint density at radius 1 is 1.27 bits per heavy atom. The van der Waals surface area contributed by atoms with Crippen molar-refractivity contribution in [3.8, 4) is 0 Å². The molecule has 0 fully saturated rings. The second-order valence-corrected chi connectivity index (χ2v) is 5.94. The lowest BCUT2D eigenvalue weighted by atomic mass is 10.1. The van der Waals surface area contributed by atoms with Crippen LogP contribution in [0.1, 0.15) is 27.2 Å². The molecule has 0 radical (unpaired) electrons. The molecule has 114 valence electrons. The molecule has 0 bridgehead atoms. The van der Waals surface area contributed by atoms with Crippen LogP contribution in [0.5, 0.6) is 0 Å². The molecule has 3 rings (SSSR count). The highest BCUT2D eigenvalue weighted by Gasteiger charge is 2.18. The van der Waals surface area contributed by atoms with Crippen LogP contribution >= 0.6 is 11.6 Å². The zero-order chi connectivity index (χ0) is 15.5. The largest absolute Gasteiger partial charge is 0.354 e. The summed E-state index contributed by atoms with van der Waals surface area (Å²) in [4.78, 5) is 18.1. The molecule has 5 heteroatoms. The van der Waals surface area contributed by atoms with Crippen LogP contribution < -0.4 is 5.32 Å². The van der Waals surface area contributed by atoms with Gasteiger partial charge in [0.2, 0.25) is 0 Å². The summed E-state index contributed by atoms with van der Waals surface area (Å²) in [5.41, 5.74) is 4.26. The van der Waals surface area contributed by atoms with Crippen LogP contribution in [-0.2, 0) is 19.5 Å². The molecule has 0 spiro atoms. The summed E-state index contributed by atoms with van der Waals surface area (Å²) in [5, 5.41) is 3.39. The van der Waals surface area contributed by atoms with Crippen molar-refractivity contribution in [3.63, 3.8) is 0 Å². The minimum absolute atomic E-state index is 0.148. The standard InChI is InChI=1S/C17H18ClN3O/c1-19-17(22)16-8-12(4-6-20-16)5-7-21-10-13-2-3-15(18)9-14(13)11-21/h2-4,6,8-9H,5,7,10-11H2,1H3,(H,19,22). The summed E-state index contributed by atoms with van der Waals surface area (Å²) in [7, 11) is 1.61. The van der Waals surface area contributed by atoms with Crippen LogP contribution in [0.2, 0.25) is 5.02 Å². The monoisotopic (exact) mass is 315 g/mol. The van der Waals surface area contributed by atoms with Crippen molar-refractivity contribution in [2.45, 2.75) is 19.5 Å². The van der Waals surface area contributed by atoms with Gasteiger partial charge in [-0.15, -0.1) is 0 Å². The molecule has 1 N–H and O–H groups in total. The molecule has 0 atom stereocenters. The lowest BCUT2D eigenvalue weighted by Crippen LogP contribution is -2.21. The van der Waals surface area contributed by atoms with Crippen LogP contribution in [0.3, 0.4) is 0 Å². The first-order valence-corrected chi connectivity index (χ1v) is 7.70. The first-order valence-electron chi connectivity index (χ1n) is 7.32. The number of halogens is 1. The SMILES string of the molecule is CNC(=O)c1cc(CCN2Cc3ccc(Cl)cc3C2)ccn1. The van der Waals surface area contributed by atoms with Gasteiger partial charge in [0, 0.05) is 37.9 Å². The van der Waals surface area contributed by atoms with Gasteiger partial charge >= 0.3 is 0 Å². The summed E-state index contributed by atoms with van der Waals surface area (Å²) < 4.78 is 0. The third-order valence-corrected chi connectivity index (χ3v) is 4.19. The minimum Gasteiger partial charge on any atom is -0.354 e. The molecule has 4 nitrogen and oxygen atoms in total.